The minimum absolute atomic E-state index is 0.0146. The Balaban J connectivity index is 2.11. The standard InChI is InChI=1S/C25H28O7/c1-15-10-12-20(28)23-21(31-25(3,4)32-23)9-5-8-18-17(7-6-14-26)11-13-19(27)22(18)24(29)30-16(15)2/h5,8,10-11,13,16,21,23,26-27H,9,12,14H2,1-4H3/t16-,21-,23+/m0/s1. The number of phenolic OH excluding ortho intramolecular Hbond substituents is 1. The molecule has 170 valence electrons. The number of aromatic hydroxyl groups is 1. The lowest BCUT2D eigenvalue weighted by Gasteiger charge is -2.18. The Morgan fingerprint density at radius 2 is 1.97 bits per heavy atom. The maximum atomic E-state index is 13.0. The maximum absolute atomic E-state index is 13.0. The smallest absolute Gasteiger partial charge is 0.343 e. The molecule has 2 N–H and O–H groups in total. The van der Waals surface area contributed by atoms with Crippen molar-refractivity contribution in [1.29, 1.82) is 0 Å². The number of carbonyl (C=O) groups excluding carboxylic acids is 2. The minimum atomic E-state index is -0.897. The quantitative estimate of drug-likeness (QED) is 0.363. The molecule has 0 spiro atoms. The fourth-order valence-corrected chi connectivity index (χ4v) is 3.70. The fraction of sp³-hybridized carbons (Fsp3) is 0.440. The average molecular weight is 440 g/mol. The molecule has 32 heavy (non-hydrogen) atoms. The summed E-state index contributed by atoms with van der Waals surface area (Å²) in [6.07, 6.45) is 3.75. The Kier molecular flexibility index (Phi) is 7.19. The molecule has 1 aromatic carbocycles. The van der Waals surface area contributed by atoms with E-state index in [2.05, 4.69) is 11.8 Å². The van der Waals surface area contributed by atoms with Crippen molar-refractivity contribution in [2.24, 2.45) is 0 Å². The Bertz CT molecular complexity index is 1020. The van der Waals surface area contributed by atoms with E-state index >= 15 is 0 Å². The first-order chi connectivity index (χ1) is 15.1. The Labute approximate surface area is 187 Å². The molecule has 0 aromatic heterocycles. The normalized spacial score (nSPS) is 25.5. The zero-order chi connectivity index (χ0) is 23.5. The molecule has 2 aliphatic rings. The molecule has 1 saturated heterocycles. The van der Waals surface area contributed by atoms with Gasteiger partial charge >= 0.3 is 5.97 Å². The number of allylic oxidation sites excluding steroid dienone is 1. The number of hydrogen-bond donors (Lipinski definition) is 2. The number of benzene rings is 1. The highest BCUT2D eigenvalue weighted by atomic mass is 16.8. The summed E-state index contributed by atoms with van der Waals surface area (Å²) in [6, 6.07) is 2.94. The molecule has 0 amide bonds. The van der Waals surface area contributed by atoms with Gasteiger partial charge in [0, 0.05) is 17.5 Å². The largest absolute Gasteiger partial charge is 0.507 e. The summed E-state index contributed by atoms with van der Waals surface area (Å²) in [5.74, 6) is 3.40. The number of fused-ring (bicyclic) bond motifs is 2. The van der Waals surface area contributed by atoms with Gasteiger partial charge in [-0.1, -0.05) is 30.1 Å². The summed E-state index contributed by atoms with van der Waals surface area (Å²) in [4.78, 5) is 25.8. The Morgan fingerprint density at radius 1 is 1.22 bits per heavy atom. The molecule has 1 fully saturated rings. The van der Waals surface area contributed by atoms with E-state index < -0.39 is 30.1 Å². The number of cyclic esters (lactones) is 1. The van der Waals surface area contributed by atoms with E-state index in [1.165, 1.54) is 6.07 Å². The van der Waals surface area contributed by atoms with Crippen molar-refractivity contribution in [3.8, 4) is 17.6 Å². The first kappa shape index (κ1) is 23.7. The number of esters is 1. The van der Waals surface area contributed by atoms with Crippen molar-refractivity contribution in [2.75, 3.05) is 6.61 Å². The van der Waals surface area contributed by atoms with E-state index in [4.69, 9.17) is 19.3 Å². The second kappa shape index (κ2) is 9.70. The first-order valence-electron chi connectivity index (χ1n) is 10.5. The lowest BCUT2D eigenvalue weighted by atomic mass is 9.97. The van der Waals surface area contributed by atoms with Crippen LogP contribution in [0.5, 0.6) is 5.75 Å². The van der Waals surface area contributed by atoms with Crippen LogP contribution in [0.15, 0.2) is 29.9 Å². The van der Waals surface area contributed by atoms with Crippen LogP contribution < -0.4 is 0 Å². The predicted molar refractivity (Wildman–Crippen MR) is 118 cm³/mol. The average Bonchev–Trinajstić information content (AvgIpc) is 3.04. The SMILES string of the molecule is CC1=CCC(=O)[C@H]2OC(C)(C)O[C@H]2CC=Cc2c(C#CCO)ccc(O)c2C(=O)O[C@H]1C. The number of phenols is 1. The first-order valence-corrected chi connectivity index (χ1v) is 10.5. The molecule has 0 bridgehead atoms. The summed E-state index contributed by atoms with van der Waals surface area (Å²) in [5.41, 5.74) is 1.50. The van der Waals surface area contributed by atoms with Gasteiger partial charge in [-0.2, -0.15) is 0 Å². The van der Waals surface area contributed by atoms with Crippen molar-refractivity contribution < 1.29 is 34.0 Å². The zero-order valence-corrected chi connectivity index (χ0v) is 18.7. The van der Waals surface area contributed by atoms with E-state index in [0.29, 0.717) is 23.1 Å². The third-order valence-corrected chi connectivity index (χ3v) is 5.43. The van der Waals surface area contributed by atoms with Crippen LogP contribution in [0, 0.1) is 11.8 Å². The van der Waals surface area contributed by atoms with Crippen molar-refractivity contribution in [1.82, 2.24) is 0 Å². The van der Waals surface area contributed by atoms with Crippen molar-refractivity contribution in [3.63, 3.8) is 0 Å². The molecule has 3 rings (SSSR count). The highest BCUT2D eigenvalue weighted by Crippen LogP contribution is 2.33. The highest BCUT2D eigenvalue weighted by molar-refractivity contribution is 5.98. The van der Waals surface area contributed by atoms with Crippen molar-refractivity contribution in [2.45, 2.75) is 64.6 Å². The summed E-state index contributed by atoms with van der Waals surface area (Å²) < 4.78 is 17.4. The number of ketones is 1. The van der Waals surface area contributed by atoms with Crippen molar-refractivity contribution >= 4 is 17.8 Å². The summed E-state index contributed by atoms with van der Waals surface area (Å²) in [5, 5.41) is 19.5. The Hall–Kier alpha value is -2.92. The topological polar surface area (TPSA) is 102 Å². The van der Waals surface area contributed by atoms with E-state index in [0.717, 1.165) is 0 Å². The monoisotopic (exact) mass is 440 g/mol. The van der Waals surface area contributed by atoms with Gasteiger partial charge in [-0.05, 0) is 51.8 Å². The predicted octanol–water partition coefficient (Wildman–Crippen LogP) is 3.12. The van der Waals surface area contributed by atoms with Crippen LogP contribution in [0.25, 0.3) is 6.08 Å². The van der Waals surface area contributed by atoms with E-state index in [9.17, 15) is 14.7 Å². The number of aliphatic hydroxyl groups excluding tert-OH is 1. The molecular formula is C25H28O7. The molecule has 0 unspecified atom stereocenters. The molecule has 2 aliphatic heterocycles. The molecule has 1 aromatic rings. The Morgan fingerprint density at radius 3 is 2.69 bits per heavy atom. The van der Waals surface area contributed by atoms with Gasteiger partial charge in [0.05, 0.1) is 6.10 Å². The second-order valence-electron chi connectivity index (χ2n) is 8.28. The molecule has 0 saturated carbocycles. The third-order valence-electron chi connectivity index (χ3n) is 5.43. The van der Waals surface area contributed by atoms with Crippen LogP contribution in [0.2, 0.25) is 0 Å². The fourth-order valence-electron chi connectivity index (χ4n) is 3.70. The molecule has 7 nitrogen and oxygen atoms in total. The van der Waals surface area contributed by atoms with Crippen LogP contribution >= 0.6 is 0 Å². The van der Waals surface area contributed by atoms with Crippen LogP contribution in [0.1, 0.15) is 62.0 Å². The third kappa shape index (κ3) is 5.28. The minimum Gasteiger partial charge on any atom is -0.507 e. The van der Waals surface area contributed by atoms with Crippen LogP contribution in [-0.4, -0.2) is 52.7 Å². The lowest BCUT2D eigenvalue weighted by Crippen LogP contribution is -2.31. The van der Waals surface area contributed by atoms with Crippen LogP contribution in [0.3, 0.4) is 0 Å². The molecule has 3 atom stereocenters. The summed E-state index contributed by atoms with van der Waals surface area (Å²) >= 11 is 0. The number of aliphatic hydroxyl groups is 1. The van der Waals surface area contributed by atoms with E-state index in [1.54, 1.807) is 52.0 Å². The molecule has 2 heterocycles. The summed E-state index contributed by atoms with van der Waals surface area (Å²) in [7, 11) is 0. The number of ether oxygens (including phenoxy) is 3. The second-order valence-corrected chi connectivity index (χ2v) is 8.28. The van der Waals surface area contributed by atoms with E-state index in [1.807, 2.05) is 0 Å². The number of carbonyl (C=O) groups is 2. The lowest BCUT2D eigenvalue weighted by molar-refractivity contribution is -0.154. The maximum Gasteiger partial charge on any atom is 0.343 e. The van der Waals surface area contributed by atoms with Gasteiger partial charge in [0.1, 0.15) is 30.1 Å². The number of Topliss-reactive ketones (excluding diaryl/α,β-unsaturated/α-hetero) is 1. The number of rotatable bonds is 0. The van der Waals surface area contributed by atoms with Crippen molar-refractivity contribution in [3.05, 3.63) is 46.5 Å². The molecular weight excluding hydrogens is 412 g/mol. The van der Waals surface area contributed by atoms with Gasteiger partial charge in [-0.25, -0.2) is 4.79 Å². The highest BCUT2D eigenvalue weighted by Gasteiger charge is 2.43. The van der Waals surface area contributed by atoms with Crippen LogP contribution in [-0.2, 0) is 19.0 Å². The van der Waals surface area contributed by atoms with E-state index in [-0.39, 0.29) is 30.1 Å². The molecule has 0 radical (unpaired) electrons. The van der Waals surface area contributed by atoms with Gasteiger partial charge in [0.25, 0.3) is 0 Å². The molecule has 0 aliphatic carbocycles. The zero-order valence-electron chi connectivity index (χ0n) is 18.7. The van der Waals surface area contributed by atoms with Gasteiger partial charge in [-0.15, -0.1) is 0 Å². The van der Waals surface area contributed by atoms with Gasteiger partial charge in [-0.3, -0.25) is 4.79 Å². The van der Waals surface area contributed by atoms with Gasteiger partial charge in [0.15, 0.2) is 11.6 Å². The van der Waals surface area contributed by atoms with Crippen LogP contribution in [0.4, 0.5) is 0 Å². The van der Waals surface area contributed by atoms with Gasteiger partial charge < -0.3 is 24.4 Å². The summed E-state index contributed by atoms with van der Waals surface area (Å²) in [6.45, 7) is 6.64. The molecule has 7 heteroatoms. The van der Waals surface area contributed by atoms with Gasteiger partial charge in [0.2, 0.25) is 0 Å². The number of hydrogen-bond acceptors (Lipinski definition) is 7.